The first-order chi connectivity index (χ1) is 6.45. The molecule has 2 aromatic rings. The van der Waals surface area contributed by atoms with Crippen molar-refractivity contribution >= 4 is 11.4 Å². The highest BCUT2D eigenvalue weighted by molar-refractivity contribution is 5.57. The quantitative estimate of drug-likeness (QED) is 0.724. The van der Waals surface area contributed by atoms with Crippen LogP contribution in [0.5, 0.6) is 0 Å². The third-order valence-electron chi connectivity index (χ3n) is 1.70. The van der Waals surface area contributed by atoms with E-state index in [1.165, 1.54) is 0 Å². The van der Waals surface area contributed by atoms with E-state index in [4.69, 9.17) is 0 Å². The molecule has 1 N–H and O–H groups in total. The summed E-state index contributed by atoms with van der Waals surface area (Å²) in [6.45, 7) is 0. The maximum absolute atomic E-state index is 3.22. The fraction of sp³-hybridized carbons (Fsp3) is 0. The largest absolute Gasteiger partial charge is 0.349 e. The van der Waals surface area contributed by atoms with E-state index in [0.717, 1.165) is 11.4 Å². The molecule has 13 heavy (non-hydrogen) atoms. The van der Waals surface area contributed by atoms with Crippen molar-refractivity contribution in [3.05, 3.63) is 60.7 Å². The van der Waals surface area contributed by atoms with Crippen molar-refractivity contribution in [2.24, 2.45) is 0 Å². The lowest BCUT2D eigenvalue weighted by Gasteiger charge is -2.01. The van der Waals surface area contributed by atoms with Gasteiger partial charge >= 0.3 is 0 Å². The van der Waals surface area contributed by atoms with Gasteiger partial charge in [0.25, 0.3) is 0 Å². The normalized spacial score (nSPS) is 8.92. The molecular weight excluding hydrogens is 158 g/mol. The predicted octanol–water partition coefficient (Wildman–Crippen LogP) is 3.03. The van der Waals surface area contributed by atoms with E-state index in [0.29, 0.717) is 0 Å². The van der Waals surface area contributed by atoms with Crippen LogP contribution in [0.2, 0.25) is 0 Å². The van der Waals surface area contributed by atoms with E-state index in [9.17, 15) is 0 Å². The van der Waals surface area contributed by atoms with Gasteiger partial charge < -0.3 is 5.32 Å². The monoisotopic (exact) mass is 167 g/mol. The molecule has 0 radical (unpaired) electrons. The highest BCUT2D eigenvalue weighted by Gasteiger charge is 1.89. The van der Waals surface area contributed by atoms with E-state index in [1.54, 1.807) is 0 Å². The molecule has 0 spiro atoms. The van der Waals surface area contributed by atoms with Gasteiger partial charge in [-0.1, -0.05) is 30.3 Å². The van der Waals surface area contributed by atoms with Crippen LogP contribution in [-0.4, -0.2) is 0 Å². The topological polar surface area (TPSA) is 12.0 Å². The molecule has 62 valence electrons. The first kappa shape index (κ1) is 7.70. The van der Waals surface area contributed by atoms with E-state index in [2.05, 4.69) is 17.4 Å². The van der Waals surface area contributed by atoms with Gasteiger partial charge in [0.1, 0.15) is 0 Å². The van der Waals surface area contributed by atoms with E-state index in [1.807, 2.05) is 48.5 Å². The minimum atomic E-state index is 0.939. The van der Waals surface area contributed by atoms with Crippen molar-refractivity contribution in [1.29, 1.82) is 0 Å². The van der Waals surface area contributed by atoms with Crippen LogP contribution < -0.4 is 5.32 Å². The molecule has 1 heteroatoms. The Bertz CT molecular complexity index is 316. The first-order valence-corrected chi connectivity index (χ1v) is 4.15. The zero-order chi connectivity index (χ0) is 8.93. The van der Waals surface area contributed by atoms with Crippen molar-refractivity contribution in [3.63, 3.8) is 0 Å². The van der Waals surface area contributed by atoms with E-state index >= 15 is 0 Å². The molecule has 0 fully saturated rings. The maximum Gasteiger partial charge on any atom is 0.0901 e. The highest BCUT2D eigenvalue weighted by atomic mass is 14.9. The highest BCUT2D eigenvalue weighted by Crippen LogP contribution is 2.12. The van der Waals surface area contributed by atoms with Gasteiger partial charge in [-0.25, -0.2) is 0 Å². The summed E-state index contributed by atoms with van der Waals surface area (Å²) < 4.78 is 0. The van der Waals surface area contributed by atoms with Gasteiger partial charge in [-0.15, -0.1) is 0 Å². The number of anilines is 2. The molecule has 0 aliphatic rings. The second kappa shape index (κ2) is 3.64. The number of benzene rings is 1. The van der Waals surface area contributed by atoms with E-state index < -0.39 is 0 Å². The van der Waals surface area contributed by atoms with Crippen LogP contribution in [-0.2, 0) is 0 Å². The Labute approximate surface area is 78.0 Å². The summed E-state index contributed by atoms with van der Waals surface area (Å²) >= 11 is 0. The van der Waals surface area contributed by atoms with Gasteiger partial charge in [-0.2, -0.15) is 0 Å². The number of hydrogen-bond acceptors (Lipinski definition) is 1. The van der Waals surface area contributed by atoms with Gasteiger partial charge in [-0.05, 0) is 30.3 Å². The summed E-state index contributed by atoms with van der Waals surface area (Å²) in [5.74, 6) is 0. The number of hydrogen-bond donors (Lipinski definition) is 1. The van der Waals surface area contributed by atoms with Gasteiger partial charge in [0.2, 0.25) is 0 Å². The molecule has 0 atom stereocenters. The van der Waals surface area contributed by atoms with Crippen LogP contribution in [0.1, 0.15) is 0 Å². The smallest absolute Gasteiger partial charge is 0.0901 e. The fourth-order valence-corrected chi connectivity index (χ4v) is 1.10. The fourth-order valence-electron chi connectivity index (χ4n) is 1.10. The summed E-state index contributed by atoms with van der Waals surface area (Å²) in [7, 11) is 0. The average molecular weight is 167 g/mol. The Hall–Kier alpha value is -1.94. The third-order valence-corrected chi connectivity index (χ3v) is 1.70. The van der Waals surface area contributed by atoms with Gasteiger partial charge in [0.15, 0.2) is 0 Å². The molecule has 2 rings (SSSR count). The first-order valence-electron chi connectivity index (χ1n) is 4.15. The van der Waals surface area contributed by atoms with Gasteiger partial charge in [0.05, 0.1) is 5.69 Å². The molecule has 0 unspecified atom stereocenters. The van der Waals surface area contributed by atoms with Gasteiger partial charge in [-0.3, -0.25) is 0 Å². The predicted molar refractivity (Wildman–Crippen MR) is 53.8 cm³/mol. The van der Waals surface area contributed by atoms with Crippen LogP contribution in [0.15, 0.2) is 48.5 Å². The Balaban J connectivity index is 2.16. The van der Waals surface area contributed by atoms with Crippen molar-refractivity contribution in [2.45, 2.75) is 0 Å². The summed E-state index contributed by atoms with van der Waals surface area (Å²) in [6.07, 6.45) is 0. The lowest BCUT2D eigenvalue weighted by atomic mass is 10.3. The van der Waals surface area contributed by atoms with E-state index in [-0.39, 0.29) is 0 Å². The molecule has 1 nitrogen and oxygen atoms in total. The molecule has 0 saturated carbocycles. The van der Waals surface area contributed by atoms with Crippen molar-refractivity contribution in [3.8, 4) is 0 Å². The lowest BCUT2D eigenvalue weighted by molar-refractivity contribution is 1.56. The average Bonchev–Trinajstić information content (AvgIpc) is 2.21. The van der Waals surface area contributed by atoms with Crippen molar-refractivity contribution in [2.75, 3.05) is 5.32 Å². The second-order valence-corrected chi connectivity index (χ2v) is 2.70. The van der Waals surface area contributed by atoms with Crippen LogP contribution in [0.4, 0.5) is 11.4 Å². The van der Waals surface area contributed by atoms with Crippen LogP contribution in [0, 0.1) is 12.1 Å². The van der Waals surface area contributed by atoms with Gasteiger partial charge in [0, 0.05) is 5.69 Å². The lowest BCUT2D eigenvalue weighted by Crippen LogP contribution is -1.87. The van der Waals surface area contributed by atoms with Crippen molar-refractivity contribution in [1.82, 2.24) is 0 Å². The number of nitrogens with one attached hydrogen (secondary N) is 1. The molecule has 0 amide bonds. The Kier molecular flexibility index (Phi) is 2.16. The molecule has 0 aromatic heterocycles. The van der Waals surface area contributed by atoms with Crippen LogP contribution >= 0.6 is 0 Å². The molecule has 2 aromatic carbocycles. The third kappa shape index (κ3) is 2.00. The zero-order valence-corrected chi connectivity index (χ0v) is 7.12. The Morgan fingerprint density at radius 1 is 0.923 bits per heavy atom. The SMILES string of the molecule is c1cccc(Nc2ccccc2)c#1. The minimum absolute atomic E-state index is 0.939. The Morgan fingerprint density at radius 3 is 2.46 bits per heavy atom. The molecular formula is C12H9N. The molecule has 0 saturated heterocycles. The maximum atomic E-state index is 3.22. The number of rotatable bonds is 2. The summed E-state index contributed by atoms with van der Waals surface area (Å²) in [6, 6.07) is 21.6. The summed E-state index contributed by atoms with van der Waals surface area (Å²) in [5, 5.41) is 3.22. The van der Waals surface area contributed by atoms with Crippen molar-refractivity contribution < 1.29 is 0 Å². The second-order valence-electron chi connectivity index (χ2n) is 2.70. The Morgan fingerprint density at radius 2 is 1.77 bits per heavy atom. The number of para-hydroxylation sites is 1. The van der Waals surface area contributed by atoms with Crippen LogP contribution in [0.3, 0.4) is 0 Å². The van der Waals surface area contributed by atoms with Crippen LogP contribution in [0.25, 0.3) is 0 Å². The molecule has 0 aliphatic carbocycles. The zero-order valence-electron chi connectivity index (χ0n) is 7.12. The minimum Gasteiger partial charge on any atom is -0.349 e. The molecule has 0 heterocycles. The molecule has 0 aliphatic heterocycles. The standard InChI is InChI=1S/C12H9N/c1-3-7-11(8-4-1)13-12-9-5-2-6-10-12/h1-5,7-9,13H. The summed E-state index contributed by atoms with van der Waals surface area (Å²) in [4.78, 5) is 0. The summed E-state index contributed by atoms with van der Waals surface area (Å²) in [5.41, 5.74) is 2.01. The molecule has 0 bridgehead atoms.